The van der Waals surface area contributed by atoms with Gasteiger partial charge < -0.3 is 47.4 Å². The highest BCUT2D eigenvalue weighted by atomic mass is 16.7. The monoisotopic (exact) mass is 676 g/mol. The summed E-state index contributed by atoms with van der Waals surface area (Å²) in [7, 11) is 0. The van der Waals surface area contributed by atoms with Gasteiger partial charge in [0.2, 0.25) is 0 Å². The molecule has 264 valence electrons. The van der Waals surface area contributed by atoms with Crippen molar-refractivity contribution in [3.63, 3.8) is 0 Å². The molecule has 2 fully saturated rings. The number of hydrogen-bond acceptors (Lipinski definition) is 18. The van der Waals surface area contributed by atoms with Crippen molar-refractivity contribution in [1.29, 1.82) is 0 Å². The van der Waals surface area contributed by atoms with Gasteiger partial charge >= 0.3 is 47.8 Å². The summed E-state index contributed by atoms with van der Waals surface area (Å²) in [5.74, 6) is -6.54. The van der Waals surface area contributed by atoms with E-state index in [1.54, 1.807) is 0 Å². The third-order valence-electron chi connectivity index (χ3n) is 6.64. The molecule has 18 heteroatoms. The van der Waals surface area contributed by atoms with Crippen molar-refractivity contribution in [2.75, 3.05) is 13.2 Å². The maximum absolute atomic E-state index is 12.3. The fourth-order valence-corrected chi connectivity index (χ4v) is 5.24. The molecule has 2 rings (SSSR count). The van der Waals surface area contributed by atoms with Gasteiger partial charge in [0, 0.05) is 61.8 Å². The Morgan fingerprint density at radius 2 is 0.596 bits per heavy atom. The van der Waals surface area contributed by atoms with Gasteiger partial charge in [-0.25, -0.2) is 0 Å². The molecule has 0 amide bonds. The summed E-state index contributed by atoms with van der Waals surface area (Å²) in [6.07, 6.45) is -14.5. The first-order valence-electron chi connectivity index (χ1n) is 14.5. The van der Waals surface area contributed by atoms with Gasteiger partial charge in [0.15, 0.2) is 36.6 Å². The number of carbonyl (C=O) groups is 8. The Balaban J connectivity index is 2.69. The van der Waals surface area contributed by atoms with Gasteiger partial charge in [-0.2, -0.15) is 0 Å². The first-order chi connectivity index (χ1) is 21.9. The van der Waals surface area contributed by atoms with E-state index < -0.39 is 128 Å². The molecule has 0 aromatic carbocycles. The topological polar surface area (TPSA) is 229 Å². The van der Waals surface area contributed by atoms with Crippen molar-refractivity contribution in [3.05, 3.63) is 0 Å². The summed E-state index contributed by atoms with van der Waals surface area (Å²) < 4.78 is 55.2. The minimum atomic E-state index is -1.51. The SMILES string of the molecule is CC(=O)OC[C@H]1O[C@H](C[C@H]2O[C@H](COC(C)=O)[C@@H](OC(C)=O)[C@H](OC(C)=O)[C@H]2OC(C)=O)[C@H](OC(C)=O)[C@@H](OC(C)=O)[C@@H]1OC(C)=O. The molecule has 2 aliphatic rings. The lowest BCUT2D eigenvalue weighted by molar-refractivity contribution is -0.276. The normalized spacial score (nSPS) is 30.0. The van der Waals surface area contributed by atoms with Crippen LogP contribution in [0, 0.1) is 0 Å². The van der Waals surface area contributed by atoms with Crippen LogP contribution in [-0.4, -0.2) is 122 Å². The molecule has 0 radical (unpaired) electrons. The minimum Gasteiger partial charge on any atom is -0.463 e. The van der Waals surface area contributed by atoms with Gasteiger partial charge in [-0.15, -0.1) is 0 Å². The van der Waals surface area contributed by atoms with Gasteiger partial charge in [-0.05, 0) is 0 Å². The van der Waals surface area contributed by atoms with Crippen molar-refractivity contribution >= 4 is 47.8 Å². The number of ether oxygens (including phenoxy) is 10. The van der Waals surface area contributed by atoms with E-state index in [2.05, 4.69) is 0 Å². The Bertz CT molecular complexity index is 1110. The minimum absolute atomic E-state index is 0.391. The smallest absolute Gasteiger partial charge is 0.303 e. The lowest BCUT2D eigenvalue weighted by Gasteiger charge is -2.48. The molecule has 0 aromatic rings. The van der Waals surface area contributed by atoms with Crippen LogP contribution in [0.15, 0.2) is 0 Å². The Labute approximate surface area is 269 Å². The number of esters is 8. The molecule has 2 aliphatic heterocycles. The van der Waals surface area contributed by atoms with Crippen LogP contribution in [0.25, 0.3) is 0 Å². The summed E-state index contributed by atoms with van der Waals surface area (Å²) in [5, 5.41) is 0. The first kappa shape index (κ1) is 38.9. The summed E-state index contributed by atoms with van der Waals surface area (Å²) >= 11 is 0. The van der Waals surface area contributed by atoms with Crippen LogP contribution >= 0.6 is 0 Å². The largest absolute Gasteiger partial charge is 0.463 e. The first-order valence-corrected chi connectivity index (χ1v) is 14.5. The highest BCUT2D eigenvalue weighted by Gasteiger charge is 2.57. The van der Waals surface area contributed by atoms with E-state index in [0.717, 1.165) is 55.4 Å². The predicted molar refractivity (Wildman–Crippen MR) is 149 cm³/mol. The number of hydrogen-bond donors (Lipinski definition) is 0. The van der Waals surface area contributed by atoms with Crippen LogP contribution in [0.1, 0.15) is 61.8 Å². The lowest BCUT2D eigenvalue weighted by atomic mass is 9.86. The van der Waals surface area contributed by atoms with Crippen LogP contribution < -0.4 is 0 Å². The quantitative estimate of drug-likeness (QED) is 0.190. The number of rotatable bonds is 12. The summed E-state index contributed by atoms with van der Waals surface area (Å²) in [6.45, 7) is 7.58. The maximum atomic E-state index is 12.3. The molecule has 0 saturated carbocycles. The summed E-state index contributed by atoms with van der Waals surface area (Å²) in [6, 6.07) is 0. The zero-order valence-corrected chi connectivity index (χ0v) is 27.2. The maximum Gasteiger partial charge on any atom is 0.303 e. The predicted octanol–water partition coefficient (Wildman–Crippen LogP) is -0.372. The molecule has 2 heterocycles. The fourth-order valence-electron chi connectivity index (χ4n) is 5.24. The highest BCUT2D eigenvalue weighted by Crippen LogP contribution is 2.36. The summed E-state index contributed by atoms with van der Waals surface area (Å²) in [5.41, 5.74) is 0. The van der Waals surface area contributed by atoms with E-state index in [9.17, 15) is 38.4 Å². The van der Waals surface area contributed by atoms with E-state index in [4.69, 9.17) is 47.4 Å². The highest BCUT2D eigenvalue weighted by molar-refractivity contribution is 5.70. The molecule has 0 N–H and O–H groups in total. The summed E-state index contributed by atoms with van der Waals surface area (Å²) in [4.78, 5) is 96.5. The van der Waals surface area contributed by atoms with Crippen molar-refractivity contribution in [3.8, 4) is 0 Å². The zero-order valence-electron chi connectivity index (χ0n) is 27.2. The molecule has 10 atom stereocenters. The van der Waals surface area contributed by atoms with Gasteiger partial charge in [-0.1, -0.05) is 0 Å². The van der Waals surface area contributed by atoms with E-state index in [1.165, 1.54) is 0 Å². The van der Waals surface area contributed by atoms with Crippen molar-refractivity contribution in [2.24, 2.45) is 0 Å². The van der Waals surface area contributed by atoms with Crippen LogP contribution in [0.5, 0.6) is 0 Å². The van der Waals surface area contributed by atoms with Crippen molar-refractivity contribution in [1.82, 2.24) is 0 Å². The third-order valence-corrected chi connectivity index (χ3v) is 6.64. The van der Waals surface area contributed by atoms with Gasteiger partial charge in [0.25, 0.3) is 0 Å². The van der Waals surface area contributed by atoms with E-state index in [1.807, 2.05) is 0 Å². The second kappa shape index (κ2) is 17.6. The second-order valence-corrected chi connectivity index (χ2v) is 10.7. The van der Waals surface area contributed by atoms with Gasteiger partial charge in [-0.3, -0.25) is 38.4 Å². The van der Waals surface area contributed by atoms with Crippen molar-refractivity contribution < 1.29 is 85.7 Å². The van der Waals surface area contributed by atoms with Crippen LogP contribution in [-0.2, 0) is 85.7 Å². The molecule has 2 saturated heterocycles. The average Bonchev–Trinajstić information content (AvgIpc) is 2.91. The molecule has 0 aliphatic carbocycles. The fraction of sp³-hybridized carbons (Fsp3) is 0.724. The Morgan fingerprint density at radius 3 is 0.830 bits per heavy atom. The molecule has 0 aromatic heterocycles. The molecule has 0 bridgehead atoms. The standard InChI is InChI=1S/C29H40O18/c1-12(30)38-10-22-26(42-16(5)34)28(44-18(7)36)24(40-14(3)32)20(46-22)9-21-25(41-15(4)33)29(45-19(8)37)27(43-17(6)35)23(47-21)11-39-13(2)31/h20-29H,9-11H2,1-8H3/t20-,21-,22-,23-,24+,25+,26-,27-,28-,29-/m1/s1. The van der Waals surface area contributed by atoms with E-state index >= 15 is 0 Å². The van der Waals surface area contributed by atoms with Crippen LogP contribution in [0.4, 0.5) is 0 Å². The van der Waals surface area contributed by atoms with E-state index in [-0.39, 0.29) is 0 Å². The average molecular weight is 677 g/mol. The molecule has 0 unspecified atom stereocenters. The number of carbonyl (C=O) groups excluding carboxylic acids is 8. The van der Waals surface area contributed by atoms with Crippen LogP contribution in [0.2, 0.25) is 0 Å². The zero-order chi connectivity index (χ0) is 35.6. The molecule has 47 heavy (non-hydrogen) atoms. The van der Waals surface area contributed by atoms with E-state index in [0.29, 0.717) is 0 Å². The molecular formula is C29H40O18. The lowest BCUT2D eigenvalue weighted by Crippen LogP contribution is -2.66. The molecule has 18 nitrogen and oxygen atoms in total. The van der Waals surface area contributed by atoms with Crippen molar-refractivity contribution in [2.45, 2.75) is 123 Å². The molecular weight excluding hydrogens is 636 g/mol. The Morgan fingerprint density at radius 1 is 0.362 bits per heavy atom. The Kier molecular flexibility index (Phi) is 14.5. The third kappa shape index (κ3) is 12.1. The molecule has 0 spiro atoms. The second-order valence-electron chi connectivity index (χ2n) is 10.7. The Hall–Kier alpha value is -4.32. The van der Waals surface area contributed by atoms with Gasteiger partial charge in [0.05, 0.1) is 0 Å². The van der Waals surface area contributed by atoms with Gasteiger partial charge in [0.1, 0.15) is 37.6 Å². The van der Waals surface area contributed by atoms with Crippen LogP contribution in [0.3, 0.4) is 0 Å².